The van der Waals surface area contributed by atoms with Gasteiger partial charge >= 0.3 is 0 Å². The van der Waals surface area contributed by atoms with Crippen LogP contribution in [-0.4, -0.2) is 49.8 Å². The van der Waals surface area contributed by atoms with Crippen molar-refractivity contribution in [2.75, 3.05) is 19.0 Å². The van der Waals surface area contributed by atoms with Crippen LogP contribution in [0.5, 0.6) is 0 Å². The number of rotatable bonds is 6. The van der Waals surface area contributed by atoms with Gasteiger partial charge < -0.3 is 14.5 Å². The van der Waals surface area contributed by atoms with Gasteiger partial charge in [-0.05, 0) is 12.1 Å². The highest BCUT2D eigenvalue weighted by molar-refractivity contribution is 6.02. The van der Waals surface area contributed by atoms with E-state index in [2.05, 4.69) is 20.6 Å². The van der Waals surface area contributed by atoms with Crippen molar-refractivity contribution in [3.8, 4) is 0 Å². The summed E-state index contributed by atoms with van der Waals surface area (Å²) in [4.78, 5) is 29.1. The standard InChI is InChI=1S/C18H22N6O3/c1-18(2,3)16(25)13-10-23-9-12(5-6-15(23)20-13)19-17(26)14-11-24(22-21-14)7-8-27-4/h5-6,9-11H,7-8H2,1-4H3,(H,19,26). The Morgan fingerprint density at radius 2 is 1.93 bits per heavy atom. The van der Waals surface area contributed by atoms with E-state index in [-0.39, 0.29) is 17.4 Å². The fourth-order valence-electron chi connectivity index (χ4n) is 2.45. The number of nitrogens with one attached hydrogen (secondary N) is 1. The molecule has 3 heterocycles. The van der Waals surface area contributed by atoms with E-state index in [1.165, 1.54) is 0 Å². The normalized spacial score (nSPS) is 11.7. The Morgan fingerprint density at radius 1 is 1.15 bits per heavy atom. The Hall–Kier alpha value is -3.07. The lowest BCUT2D eigenvalue weighted by Crippen LogP contribution is -2.20. The first kappa shape index (κ1) is 18.7. The average molecular weight is 370 g/mol. The third kappa shape index (κ3) is 4.20. The van der Waals surface area contributed by atoms with Crippen molar-refractivity contribution in [3.05, 3.63) is 42.1 Å². The van der Waals surface area contributed by atoms with Gasteiger partial charge in [-0.3, -0.25) is 9.59 Å². The largest absolute Gasteiger partial charge is 0.383 e. The molecular weight excluding hydrogens is 348 g/mol. The number of hydrogen-bond donors (Lipinski definition) is 1. The van der Waals surface area contributed by atoms with Crippen LogP contribution in [0, 0.1) is 5.41 Å². The van der Waals surface area contributed by atoms with Gasteiger partial charge in [0.15, 0.2) is 11.5 Å². The van der Waals surface area contributed by atoms with E-state index in [4.69, 9.17) is 4.74 Å². The summed E-state index contributed by atoms with van der Waals surface area (Å²) in [6, 6.07) is 3.46. The van der Waals surface area contributed by atoms with Gasteiger partial charge in [0, 0.05) is 24.9 Å². The van der Waals surface area contributed by atoms with Gasteiger partial charge in [-0.25, -0.2) is 9.67 Å². The van der Waals surface area contributed by atoms with E-state index in [1.54, 1.807) is 46.9 Å². The summed E-state index contributed by atoms with van der Waals surface area (Å²) in [6.45, 7) is 6.56. The smallest absolute Gasteiger partial charge is 0.277 e. The Balaban J connectivity index is 1.76. The molecule has 142 valence electrons. The molecule has 0 aliphatic heterocycles. The van der Waals surface area contributed by atoms with Crippen molar-refractivity contribution >= 4 is 23.0 Å². The molecule has 1 N–H and O–H groups in total. The van der Waals surface area contributed by atoms with Gasteiger partial charge in [0.1, 0.15) is 11.3 Å². The van der Waals surface area contributed by atoms with Gasteiger partial charge in [0.05, 0.1) is 25.0 Å². The number of fused-ring (bicyclic) bond motifs is 1. The van der Waals surface area contributed by atoms with Crippen molar-refractivity contribution in [3.63, 3.8) is 0 Å². The zero-order chi connectivity index (χ0) is 19.6. The van der Waals surface area contributed by atoms with E-state index < -0.39 is 5.41 Å². The van der Waals surface area contributed by atoms with Crippen molar-refractivity contribution in [1.82, 2.24) is 24.4 Å². The van der Waals surface area contributed by atoms with Crippen molar-refractivity contribution in [2.45, 2.75) is 27.3 Å². The summed E-state index contributed by atoms with van der Waals surface area (Å²) >= 11 is 0. The number of aromatic nitrogens is 5. The van der Waals surface area contributed by atoms with Crippen molar-refractivity contribution < 1.29 is 14.3 Å². The fraction of sp³-hybridized carbons (Fsp3) is 0.389. The van der Waals surface area contributed by atoms with Gasteiger partial charge in [-0.1, -0.05) is 26.0 Å². The maximum absolute atomic E-state index is 12.4. The maximum Gasteiger partial charge on any atom is 0.277 e. The first-order chi connectivity index (χ1) is 12.8. The second-order valence-corrected chi connectivity index (χ2v) is 7.20. The molecule has 3 aromatic rings. The number of pyridine rings is 1. The van der Waals surface area contributed by atoms with Crippen LogP contribution in [-0.2, 0) is 11.3 Å². The van der Waals surface area contributed by atoms with Gasteiger partial charge in [-0.2, -0.15) is 0 Å². The number of carbonyl (C=O) groups is 2. The first-order valence-electron chi connectivity index (χ1n) is 8.52. The monoisotopic (exact) mass is 370 g/mol. The third-order valence-corrected chi connectivity index (χ3v) is 3.92. The van der Waals surface area contributed by atoms with Crippen LogP contribution in [0.1, 0.15) is 41.7 Å². The quantitative estimate of drug-likeness (QED) is 0.666. The summed E-state index contributed by atoms with van der Waals surface area (Å²) < 4.78 is 8.23. The number of ketones is 1. The maximum atomic E-state index is 12.4. The number of methoxy groups -OCH3 is 1. The van der Waals surface area contributed by atoms with Gasteiger partial charge in [0.25, 0.3) is 5.91 Å². The van der Waals surface area contributed by atoms with Gasteiger partial charge in [-0.15, -0.1) is 5.10 Å². The lowest BCUT2D eigenvalue weighted by Gasteiger charge is -2.13. The highest BCUT2D eigenvalue weighted by Gasteiger charge is 2.25. The second kappa shape index (κ2) is 7.28. The lowest BCUT2D eigenvalue weighted by molar-refractivity contribution is 0.0853. The number of Topliss-reactive ketones (excluding diaryl/α,β-unsaturated/α-hetero) is 1. The molecule has 3 aromatic heterocycles. The van der Waals surface area contributed by atoms with E-state index in [0.717, 1.165) is 0 Å². The Kier molecular flexibility index (Phi) is 5.04. The number of anilines is 1. The molecule has 0 aliphatic rings. The molecule has 0 saturated carbocycles. The van der Waals surface area contributed by atoms with Crippen molar-refractivity contribution in [1.29, 1.82) is 0 Å². The molecule has 0 spiro atoms. The van der Waals surface area contributed by atoms with Crippen LogP contribution in [0.4, 0.5) is 5.69 Å². The van der Waals surface area contributed by atoms with E-state index >= 15 is 0 Å². The molecular formula is C18H22N6O3. The number of ether oxygens (including phenoxy) is 1. The molecule has 27 heavy (non-hydrogen) atoms. The second-order valence-electron chi connectivity index (χ2n) is 7.20. The zero-order valence-electron chi connectivity index (χ0n) is 15.8. The molecule has 0 aliphatic carbocycles. The fourth-order valence-corrected chi connectivity index (χ4v) is 2.45. The predicted octanol–water partition coefficient (Wildman–Crippen LogP) is 2.05. The van der Waals surface area contributed by atoms with Gasteiger partial charge in [0.2, 0.25) is 0 Å². The predicted molar refractivity (Wildman–Crippen MR) is 98.8 cm³/mol. The lowest BCUT2D eigenvalue weighted by atomic mass is 9.89. The molecule has 0 radical (unpaired) electrons. The minimum atomic E-state index is -0.510. The van der Waals surface area contributed by atoms with Crippen LogP contribution in [0.15, 0.2) is 30.7 Å². The Morgan fingerprint density at radius 3 is 2.63 bits per heavy atom. The molecule has 0 bridgehead atoms. The number of amides is 1. The molecule has 0 aromatic carbocycles. The number of carbonyl (C=O) groups excluding carboxylic acids is 2. The average Bonchev–Trinajstić information content (AvgIpc) is 3.24. The van der Waals surface area contributed by atoms with Crippen LogP contribution in [0.25, 0.3) is 5.65 Å². The summed E-state index contributed by atoms with van der Waals surface area (Å²) in [6.07, 6.45) is 4.93. The summed E-state index contributed by atoms with van der Waals surface area (Å²) in [5.41, 5.74) is 1.29. The molecule has 9 nitrogen and oxygen atoms in total. The molecule has 0 fully saturated rings. The highest BCUT2D eigenvalue weighted by atomic mass is 16.5. The number of hydrogen-bond acceptors (Lipinski definition) is 6. The Labute approximate surface area is 156 Å². The van der Waals surface area contributed by atoms with Crippen LogP contribution in [0.3, 0.4) is 0 Å². The zero-order valence-corrected chi connectivity index (χ0v) is 15.8. The summed E-state index contributed by atoms with van der Waals surface area (Å²) in [5.74, 6) is -0.409. The number of nitrogens with zero attached hydrogens (tertiary/aromatic N) is 5. The van der Waals surface area contributed by atoms with Crippen molar-refractivity contribution in [2.24, 2.45) is 5.41 Å². The van der Waals surface area contributed by atoms with Crippen LogP contribution < -0.4 is 5.32 Å². The number of imidazole rings is 1. The molecule has 0 atom stereocenters. The SMILES string of the molecule is COCCn1cc(C(=O)Nc2ccc3nc(C(=O)C(C)(C)C)cn3c2)nn1. The van der Waals surface area contributed by atoms with E-state index in [9.17, 15) is 9.59 Å². The Bertz CT molecular complexity index is 983. The molecule has 3 rings (SSSR count). The molecule has 0 unspecified atom stereocenters. The van der Waals surface area contributed by atoms with E-state index in [0.29, 0.717) is 30.2 Å². The first-order valence-corrected chi connectivity index (χ1v) is 8.52. The van der Waals surface area contributed by atoms with E-state index in [1.807, 2.05) is 20.8 Å². The molecule has 0 saturated heterocycles. The highest BCUT2D eigenvalue weighted by Crippen LogP contribution is 2.21. The summed E-state index contributed by atoms with van der Waals surface area (Å²) in [5, 5.41) is 10.5. The molecule has 9 heteroatoms. The topological polar surface area (TPSA) is 103 Å². The third-order valence-electron chi connectivity index (χ3n) is 3.92. The summed E-state index contributed by atoms with van der Waals surface area (Å²) in [7, 11) is 1.59. The molecule has 1 amide bonds. The minimum Gasteiger partial charge on any atom is -0.383 e. The van der Waals surface area contributed by atoms with Crippen LogP contribution >= 0.6 is 0 Å². The van der Waals surface area contributed by atoms with Crippen LogP contribution in [0.2, 0.25) is 0 Å². The minimum absolute atomic E-state index is 0.0375.